The van der Waals surface area contributed by atoms with Gasteiger partial charge in [0.25, 0.3) is 0 Å². The molecule has 17 heavy (non-hydrogen) atoms. The summed E-state index contributed by atoms with van der Waals surface area (Å²) in [5.74, 6) is 1.86. The second-order valence-corrected chi connectivity index (χ2v) is 6.90. The van der Waals surface area contributed by atoms with Gasteiger partial charge in [0.15, 0.2) is 0 Å². The van der Waals surface area contributed by atoms with E-state index in [-0.39, 0.29) is 17.9 Å². The summed E-state index contributed by atoms with van der Waals surface area (Å²) in [5, 5.41) is 6.48. The molecule has 0 aromatic heterocycles. The minimum Gasteiger partial charge on any atom is -0.353 e. The highest BCUT2D eigenvalue weighted by atomic mass is 32.2. The van der Waals surface area contributed by atoms with Crippen LogP contribution in [0.4, 0.5) is 0 Å². The highest BCUT2D eigenvalue weighted by Gasteiger charge is 2.27. The molecule has 2 aliphatic rings. The Morgan fingerprint density at radius 2 is 2.00 bits per heavy atom. The number of carbonyl (C=O) groups is 1. The highest BCUT2D eigenvalue weighted by molar-refractivity contribution is 7.85. The van der Waals surface area contributed by atoms with Crippen molar-refractivity contribution in [2.45, 2.75) is 44.7 Å². The molecule has 5 heteroatoms. The van der Waals surface area contributed by atoms with Gasteiger partial charge in [0.2, 0.25) is 5.91 Å². The summed E-state index contributed by atoms with van der Waals surface area (Å²) in [6, 6.07) is 0.698. The van der Waals surface area contributed by atoms with E-state index in [1.54, 1.807) is 0 Å². The molecule has 0 aromatic rings. The van der Waals surface area contributed by atoms with Gasteiger partial charge in [0.1, 0.15) is 0 Å². The van der Waals surface area contributed by atoms with Crippen molar-refractivity contribution in [1.29, 1.82) is 0 Å². The third kappa shape index (κ3) is 3.78. The summed E-state index contributed by atoms with van der Waals surface area (Å²) in [5.41, 5.74) is 0. The topological polar surface area (TPSA) is 58.2 Å². The standard InChI is InChI=1S/C12H22N2O2S/c1-9-8-10(2-5-13-9)12(15)14-11-3-6-17(16)7-4-11/h9-11,13H,2-8H2,1H3,(H,14,15). The Labute approximate surface area is 105 Å². The molecule has 2 fully saturated rings. The Hall–Kier alpha value is -0.420. The van der Waals surface area contributed by atoms with Crippen LogP contribution in [0.2, 0.25) is 0 Å². The molecular formula is C12H22N2O2S. The summed E-state index contributed by atoms with van der Waals surface area (Å²) in [6.45, 7) is 3.07. The smallest absolute Gasteiger partial charge is 0.223 e. The van der Waals surface area contributed by atoms with Gasteiger partial charge in [-0.15, -0.1) is 0 Å². The van der Waals surface area contributed by atoms with Crippen LogP contribution in [-0.2, 0) is 15.6 Å². The van der Waals surface area contributed by atoms with Gasteiger partial charge in [0.05, 0.1) is 0 Å². The van der Waals surface area contributed by atoms with Gasteiger partial charge in [-0.05, 0) is 39.2 Å². The summed E-state index contributed by atoms with van der Waals surface area (Å²) in [7, 11) is -0.647. The van der Waals surface area contributed by atoms with Crippen LogP contribution in [0.3, 0.4) is 0 Å². The van der Waals surface area contributed by atoms with E-state index in [9.17, 15) is 9.00 Å². The van der Waals surface area contributed by atoms with Crippen LogP contribution in [0.15, 0.2) is 0 Å². The van der Waals surface area contributed by atoms with Crippen LogP contribution in [0, 0.1) is 5.92 Å². The Bertz CT molecular complexity index is 299. The Balaban J connectivity index is 1.78. The van der Waals surface area contributed by atoms with Crippen molar-refractivity contribution in [1.82, 2.24) is 10.6 Å². The lowest BCUT2D eigenvalue weighted by atomic mass is 9.92. The summed E-state index contributed by atoms with van der Waals surface area (Å²) in [6.07, 6.45) is 3.62. The van der Waals surface area contributed by atoms with Gasteiger partial charge in [-0.3, -0.25) is 9.00 Å². The third-order valence-corrected chi connectivity index (χ3v) is 5.11. The van der Waals surface area contributed by atoms with E-state index in [1.165, 1.54) is 0 Å². The van der Waals surface area contributed by atoms with Gasteiger partial charge in [-0.25, -0.2) is 0 Å². The van der Waals surface area contributed by atoms with Crippen molar-refractivity contribution in [2.24, 2.45) is 5.92 Å². The summed E-state index contributed by atoms with van der Waals surface area (Å²) in [4.78, 5) is 12.1. The molecule has 98 valence electrons. The lowest BCUT2D eigenvalue weighted by Crippen LogP contribution is -2.46. The highest BCUT2D eigenvalue weighted by Crippen LogP contribution is 2.17. The van der Waals surface area contributed by atoms with E-state index in [1.807, 2.05) is 0 Å². The van der Waals surface area contributed by atoms with Crippen LogP contribution in [-0.4, -0.2) is 40.3 Å². The first kappa shape index (κ1) is 13.0. The second kappa shape index (κ2) is 5.96. The van der Waals surface area contributed by atoms with Crippen LogP contribution >= 0.6 is 0 Å². The quantitative estimate of drug-likeness (QED) is 0.754. The van der Waals surface area contributed by atoms with Crippen molar-refractivity contribution in [3.05, 3.63) is 0 Å². The van der Waals surface area contributed by atoms with Crippen LogP contribution in [0.1, 0.15) is 32.6 Å². The normalized spacial score (nSPS) is 38.6. The average Bonchev–Trinajstić information content (AvgIpc) is 2.32. The molecule has 0 radical (unpaired) electrons. The van der Waals surface area contributed by atoms with Crippen molar-refractivity contribution < 1.29 is 9.00 Å². The molecule has 2 saturated heterocycles. The predicted molar refractivity (Wildman–Crippen MR) is 69.2 cm³/mol. The first-order valence-corrected chi connectivity index (χ1v) is 8.02. The van der Waals surface area contributed by atoms with Gasteiger partial charge in [0, 0.05) is 40.3 Å². The Kier molecular flexibility index (Phi) is 4.56. The van der Waals surface area contributed by atoms with Crippen molar-refractivity contribution in [2.75, 3.05) is 18.1 Å². The van der Waals surface area contributed by atoms with Crippen LogP contribution in [0.5, 0.6) is 0 Å². The Morgan fingerprint density at radius 3 is 2.65 bits per heavy atom. The molecule has 0 saturated carbocycles. The molecule has 0 aromatic carbocycles. The second-order valence-electron chi connectivity index (χ2n) is 5.21. The van der Waals surface area contributed by atoms with Gasteiger partial charge >= 0.3 is 0 Å². The monoisotopic (exact) mass is 258 g/mol. The fraction of sp³-hybridized carbons (Fsp3) is 0.917. The number of piperidine rings is 1. The maximum atomic E-state index is 12.1. The zero-order valence-corrected chi connectivity index (χ0v) is 11.2. The summed E-state index contributed by atoms with van der Waals surface area (Å²) < 4.78 is 11.2. The van der Waals surface area contributed by atoms with Gasteiger partial charge in [-0.2, -0.15) is 0 Å². The molecule has 0 aliphatic carbocycles. The minimum absolute atomic E-state index is 0.165. The van der Waals surface area contributed by atoms with E-state index in [2.05, 4.69) is 17.6 Å². The van der Waals surface area contributed by atoms with Crippen molar-refractivity contribution in [3.63, 3.8) is 0 Å². The van der Waals surface area contributed by atoms with Crippen molar-refractivity contribution in [3.8, 4) is 0 Å². The molecular weight excluding hydrogens is 236 g/mol. The zero-order chi connectivity index (χ0) is 12.3. The summed E-state index contributed by atoms with van der Waals surface area (Å²) >= 11 is 0. The first-order valence-electron chi connectivity index (χ1n) is 6.54. The molecule has 2 heterocycles. The third-order valence-electron chi connectivity index (χ3n) is 3.73. The maximum absolute atomic E-state index is 12.1. The number of carbonyl (C=O) groups excluding carboxylic acids is 1. The number of rotatable bonds is 2. The Morgan fingerprint density at radius 1 is 1.29 bits per heavy atom. The minimum atomic E-state index is -0.647. The van der Waals surface area contributed by atoms with Crippen LogP contribution in [0.25, 0.3) is 0 Å². The molecule has 2 unspecified atom stereocenters. The van der Waals surface area contributed by atoms with Crippen LogP contribution < -0.4 is 10.6 Å². The van der Waals surface area contributed by atoms with E-state index < -0.39 is 10.8 Å². The van der Waals surface area contributed by atoms with E-state index in [0.29, 0.717) is 6.04 Å². The lowest BCUT2D eigenvalue weighted by Gasteiger charge is -2.30. The molecule has 1 amide bonds. The van der Waals surface area contributed by atoms with E-state index in [4.69, 9.17) is 0 Å². The first-order chi connectivity index (χ1) is 8.15. The lowest BCUT2D eigenvalue weighted by molar-refractivity contribution is -0.126. The van der Waals surface area contributed by atoms with Crippen molar-refractivity contribution >= 4 is 16.7 Å². The molecule has 0 bridgehead atoms. The SMILES string of the molecule is CC1CC(C(=O)NC2CCS(=O)CC2)CCN1. The fourth-order valence-electron chi connectivity index (χ4n) is 2.63. The molecule has 4 nitrogen and oxygen atoms in total. The number of hydrogen-bond acceptors (Lipinski definition) is 3. The number of amides is 1. The fourth-order valence-corrected chi connectivity index (χ4v) is 3.93. The number of hydrogen-bond donors (Lipinski definition) is 2. The van der Waals surface area contributed by atoms with E-state index >= 15 is 0 Å². The van der Waals surface area contributed by atoms with Gasteiger partial charge in [-0.1, -0.05) is 0 Å². The zero-order valence-electron chi connectivity index (χ0n) is 10.4. The molecule has 2 rings (SSSR count). The number of nitrogens with one attached hydrogen (secondary N) is 2. The molecule has 2 N–H and O–H groups in total. The molecule has 0 spiro atoms. The predicted octanol–water partition coefficient (Wildman–Crippen LogP) is 0.402. The molecule has 2 atom stereocenters. The van der Waals surface area contributed by atoms with Gasteiger partial charge < -0.3 is 10.6 Å². The average molecular weight is 258 g/mol. The maximum Gasteiger partial charge on any atom is 0.223 e. The molecule has 2 aliphatic heterocycles. The van der Waals surface area contributed by atoms with E-state index in [0.717, 1.165) is 43.7 Å². The largest absolute Gasteiger partial charge is 0.353 e.